The zero-order chi connectivity index (χ0) is 37.8. The Balaban J connectivity index is 1.20. The zero-order valence-corrected chi connectivity index (χ0v) is 32.1. The van der Waals surface area contributed by atoms with Crippen molar-refractivity contribution in [3.05, 3.63) is 210 Å². The first kappa shape index (κ1) is 33.9. The van der Waals surface area contributed by atoms with E-state index >= 15 is 0 Å². The van der Waals surface area contributed by atoms with E-state index in [9.17, 15) is 5.41 Å². The van der Waals surface area contributed by atoms with Gasteiger partial charge in [-0.25, -0.2) is 4.99 Å². The van der Waals surface area contributed by atoms with Crippen LogP contribution in [0.25, 0.3) is 70.4 Å². The van der Waals surface area contributed by atoms with Gasteiger partial charge in [0.15, 0.2) is 5.84 Å². The summed E-state index contributed by atoms with van der Waals surface area (Å²) in [4.78, 5) is 5.14. The Kier molecular flexibility index (Phi) is 8.20. The van der Waals surface area contributed by atoms with Crippen LogP contribution in [0.15, 0.2) is 187 Å². The number of thiophene rings is 1. The molecule has 0 amide bonds. The van der Waals surface area contributed by atoms with Crippen molar-refractivity contribution in [1.29, 1.82) is 5.41 Å². The second kappa shape index (κ2) is 13.6. The first-order valence-electron chi connectivity index (χ1n) is 19.1. The lowest BCUT2D eigenvalue weighted by Crippen LogP contribution is -2.14. The second-order valence-electron chi connectivity index (χ2n) is 15.1. The molecule has 0 atom stereocenters. The number of fused-ring (bicyclic) bond motifs is 7. The monoisotopic (exact) mass is 734 g/mol. The summed E-state index contributed by atoms with van der Waals surface area (Å²) in [6.45, 7) is 4.63. The van der Waals surface area contributed by atoms with E-state index < -0.39 is 0 Å². The molecule has 1 aliphatic carbocycles. The van der Waals surface area contributed by atoms with Crippen molar-refractivity contribution in [2.75, 3.05) is 0 Å². The molecule has 1 N–H and O–H groups in total. The van der Waals surface area contributed by atoms with Gasteiger partial charge in [0.1, 0.15) is 0 Å². The molecule has 1 heterocycles. The average molecular weight is 735 g/mol. The molecule has 9 aromatic rings. The Morgan fingerprint density at radius 1 is 0.554 bits per heavy atom. The summed E-state index contributed by atoms with van der Waals surface area (Å²) >= 11 is 1.84. The van der Waals surface area contributed by atoms with Gasteiger partial charge in [-0.1, -0.05) is 159 Å². The number of allylic oxidation sites excluding steroid dienone is 1. The van der Waals surface area contributed by atoms with Crippen LogP contribution < -0.4 is 0 Å². The van der Waals surface area contributed by atoms with E-state index in [1.54, 1.807) is 0 Å². The van der Waals surface area contributed by atoms with Gasteiger partial charge in [-0.05, 0) is 103 Å². The van der Waals surface area contributed by atoms with Crippen molar-refractivity contribution < 1.29 is 0 Å². The third kappa shape index (κ3) is 5.80. The summed E-state index contributed by atoms with van der Waals surface area (Å²) in [7, 11) is 0. The molecular weight excluding hydrogens is 697 g/mol. The molecule has 0 fully saturated rings. The smallest absolute Gasteiger partial charge is 0.152 e. The van der Waals surface area contributed by atoms with E-state index in [1.807, 2.05) is 41.7 Å². The highest BCUT2D eigenvalue weighted by Gasteiger charge is 2.35. The van der Waals surface area contributed by atoms with E-state index in [1.165, 1.54) is 58.8 Å². The molecule has 0 saturated heterocycles. The maximum atomic E-state index is 9.25. The predicted molar refractivity (Wildman–Crippen MR) is 241 cm³/mol. The molecule has 0 spiro atoms. The number of nitrogens with zero attached hydrogens (tertiary/aromatic N) is 1. The number of aliphatic imine (C=N–C) groups is 1. The third-order valence-electron chi connectivity index (χ3n) is 11.4. The summed E-state index contributed by atoms with van der Waals surface area (Å²) in [5, 5.41) is 14.2. The van der Waals surface area contributed by atoms with Gasteiger partial charge in [-0.3, -0.25) is 5.41 Å². The molecule has 2 nitrogen and oxygen atoms in total. The minimum atomic E-state index is -0.0991. The molecule has 56 heavy (non-hydrogen) atoms. The molecule has 1 aliphatic rings. The van der Waals surface area contributed by atoms with Crippen molar-refractivity contribution in [2.24, 2.45) is 4.99 Å². The van der Waals surface area contributed by atoms with E-state index in [-0.39, 0.29) is 11.3 Å². The van der Waals surface area contributed by atoms with Crippen LogP contribution in [0.2, 0.25) is 0 Å². The zero-order valence-electron chi connectivity index (χ0n) is 31.3. The predicted octanol–water partition coefficient (Wildman–Crippen LogP) is 14.4. The molecule has 10 rings (SSSR count). The fourth-order valence-corrected chi connectivity index (χ4v) is 9.68. The maximum absolute atomic E-state index is 9.25. The van der Waals surface area contributed by atoms with Gasteiger partial charge < -0.3 is 0 Å². The highest BCUT2D eigenvalue weighted by atomic mass is 32.1. The van der Waals surface area contributed by atoms with Crippen LogP contribution >= 0.6 is 11.3 Å². The summed E-state index contributed by atoms with van der Waals surface area (Å²) in [5.74, 6) is 0.221. The fourth-order valence-electron chi connectivity index (χ4n) is 8.55. The van der Waals surface area contributed by atoms with Gasteiger partial charge in [0.05, 0.1) is 5.71 Å². The minimum absolute atomic E-state index is 0.0991. The summed E-state index contributed by atoms with van der Waals surface area (Å²) in [5.41, 5.74) is 13.2. The first-order valence-corrected chi connectivity index (χ1v) is 19.9. The number of hydrogen-bond donors (Lipinski definition) is 1. The highest BCUT2D eigenvalue weighted by Crippen LogP contribution is 2.50. The van der Waals surface area contributed by atoms with Crippen LogP contribution in [0.1, 0.15) is 41.7 Å². The van der Waals surface area contributed by atoms with Crippen LogP contribution in [-0.2, 0) is 5.41 Å². The third-order valence-corrected chi connectivity index (χ3v) is 12.5. The normalized spacial score (nSPS) is 13.4. The number of rotatable bonds is 6. The summed E-state index contributed by atoms with van der Waals surface area (Å²) < 4.78 is 2.55. The van der Waals surface area contributed by atoms with Crippen LogP contribution in [0.3, 0.4) is 0 Å². The Labute approximate surface area is 331 Å². The van der Waals surface area contributed by atoms with E-state index in [4.69, 9.17) is 4.99 Å². The van der Waals surface area contributed by atoms with Crippen molar-refractivity contribution in [3.8, 4) is 33.4 Å². The first-order chi connectivity index (χ1) is 27.4. The standard InChI is InChI=1S/C53H38N2S/c1-53(2)45-22-10-8-19-43(45)50-35(18-12-23-46(50)53)28-29-47(55-52(54)36-15-4-3-5-16-36)41-32-39(38-27-26-34-14-6-7-17-37(34)30-38)31-40(33-41)42-21-13-25-49-51(42)44-20-9-11-24-48(44)56-49/h3-33,54H,1-2H3/b29-28+,54-52?,55-47?. The van der Waals surface area contributed by atoms with Gasteiger partial charge in [0.2, 0.25) is 0 Å². The largest absolute Gasteiger partial charge is 0.282 e. The van der Waals surface area contributed by atoms with Crippen LogP contribution in [0.4, 0.5) is 0 Å². The molecule has 266 valence electrons. The topological polar surface area (TPSA) is 36.2 Å². The van der Waals surface area contributed by atoms with Crippen molar-refractivity contribution in [2.45, 2.75) is 19.3 Å². The van der Waals surface area contributed by atoms with Gasteiger partial charge >= 0.3 is 0 Å². The molecular formula is C53H38N2S. The van der Waals surface area contributed by atoms with Gasteiger partial charge in [0.25, 0.3) is 0 Å². The number of amidine groups is 1. The highest BCUT2D eigenvalue weighted by molar-refractivity contribution is 7.25. The molecule has 0 radical (unpaired) electrons. The van der Waals surface area contributed by atoms with E-state index in [0.29, 0.717) is 0 Å². The minimum Gasteiger partial charge on any atom is -0.282 e. The molecule has 1 aromatic heterocycles. The summed E-state index contributed by atoms with van der Waals surface area (Å²) in [6.07, 6.45) is 4.31. The van der Waals surface area contributed by atoms with E-state index in [2.05, 4.69) is 172 Å². The molecule has 0 saturated carbocycles. The molecule has 0 unspecified atom stereocenters. The second-order valence-corrected chi connectivity index (χ2v) is 16.2. The van der Waals surface area contributed by atoms with Crippen molar-refractivity contribution in [1.82, 2.24) is 0 Å². The molecule has 0 aliphatic heterocycles. The van der Waals surface area contributed by atoms with E-state index in [0.717, 1.165) is 39.1 Å². The van der Waals surface area contributed by atoms with Crippen molar-refractivity contribution >= 4 is 59.9 Å². The van der Waals surface area contributed by atoms with Gasteiger partial charge in [-0.2, -0.15) is 0 Å². The SMILES string of the molecule is CC1(C)c2ccccc2-c2c(/C=C/C(=NC(=N)c3ccccc3)c3cc(-c4ccc5ccccc5c4)cc(-c4cccc5sc6ccccc6c45)c3)cccc21. The Hall–Kier alpha value is -6.68. The van der Waals surface area contributed by atoms with Gasteiger partial charge in [0, 0.05) is 36.7 Å². The lowest BCUT2D eigenvalue weighted by Gasteiger charge is -2.21. The molecule has 0 bridgehead atoms. The average Bonchev–Trinajstić information content (AvgIpc) is 3.74. The molecule has 3 heteroatoms. The van der Waals surface area contributed by atoms with Crippen molar-refractivity contribution in [3.63, 3.8) is 0 Å². The molecule has 8 aromatic carbocycles. The Morgan fingerprint density at radius 3 is 2.14 bits per heavy atom. The van der Waals surface area contributed by atoms with Crippen LogP contribution in [-0.4, -0.2) is 11.5 Å². The quantitative estimate of drug-likeness (QED) is 0.130. The van der Waals surface area contributed by atoms with Crippen LogP contribution in [0.5, 0.6) is 0 Å². The number of hydrogen-bond acceptors (Lipinski definition) is 2. The maximum Gasteiger partial charge on any atom is 0.152 e. The van der Waals surface area contributed by atoms with Crippen LogP contribution in [0, 0.1) is 5.41 Å². The number of benzene rings is 8. The summed E-state index contributed by atoms with van der Waals surface area (Å²) in [6, 6.07) is 62.6. The number of nitrogens with one attached hydrogen (secondary N) is 1. The lowest BCUT2D eigenvalue weighted by molar-refractivity contribution is 0.660. The Morgan fingerprint density at radius 2 is 1.25 bits per heavy atom. The Bertz CT molecular complexity index is 3070. The fraction of sp³-hybridized carbons (Fsp3) is 0.0566. The van der Waals surface area contributed by atoms with Gasteiger partial charge in [-0.15, -0.1) is 11.3 Å². The lowest BCUT2D eigenvalue weighted by atomic mass is 9.82.